The van der Waals surface area contributed by atoms with Gasteiger partial charge in [-0.3, -0.25) is 9.59 Å². The fourth-order valence-corrected chi connectivity index (χ4v) is 1.95. The topological polar surface area (TPSA) is 91.8 Å². The molecule has 0 unspecified atom stereocenters. The molecule has 0 aliphatic heterocycles. The molecule has 0 aromatic heterocycles. The number of carbonyl (C=O) groups excluding carboxylic acids is 1. The molecule has 0 heterocycles. The first-order valence-electron chi connectivity index (χ1n) is 5.13. The quantitative estimate of drug-likeness (QED) is 0.763. The Hall–Kier alpha value is -1.11. The van der Waals surface area contributed by atoms with Crippen LogP contribution in [0, 0.1) is 0 Å². The van der Waals surface area contributed by atoms with E-state index in [2.05, 4.69) is 0 Å². The lowest BCUT2D eigenvalue weighted by atomic mass is 10.1. The van der Waals surface area contributed by atoms with Crippen LogP contribution < -0.4 is 0 Å². The number of amides is 1. The molecule has 0 radical (unpaired) electrons. The van der Waals surface area contributed by atoms with Crippen molar-refractivity contribution in [1.29, 1.82) is 0 Å². The second-order valence-electron chi connectivity index (χ2n) is 4.93. The zero-order valence-corrected chi connectivity index (χ0v) is 11.4. The van der Waals surface area contributed by atoms with Crippen molar-refractivity contribution in [3.05, 3.63) is 0 Å². The molecular weight excluding hydrogens is 246 g/mol. The lowest BCUT2D eigenvalue weighted by Crippen LogP contribution is -2.48. The number of sulfone groups is 1. The van der Waals surface area contributed by atoms with Gasteiger partial charge < -0.3 is 10.0 Å². The van der Waals surface area contributed by atoms with Crippen molar-refractivity contribution >= 4 is 21.7 Å². The highest BCUT2D eigenvalue weighted by atomic mass is 32.2. The van der Waals surface area contributed by atoms with E-state index in [-0.39, 0.29) is 13.0 Å². The van der Waals surface area contributed by atoms with E-state index in [4.69, 9.17) is 5.11 Å². The Balaban J connectivity index is 4.82. The first kappa shape index (κ1) is 15.9. The molecule has 1 amide bonds. The molecule has 7 heteroatoms. The van der Waals surface area contributed by atoms with Crippen LogP contribution in [-0.2, 0) is 19.4 Å². The second kappa shape index (κ2) is 5.48. The summed E-state index contributed by atoms with van der Waals surface area (Å²) in [4.78, 5) is 23.5. The molecule has 0 fully saturated rings. The summed E-state index contributed by atoms with van der Waals surface area (Å²) in [6.07, 6.45) is 0.774. The molecule has 0 spiro atoms. The van der Waals surface area contributed by atoms with E-state index in [1.165, 1.54) is 4.90 Å². The normalized spacial score (nSPS) is 12.2. The van der Waals surface area contributed by atoms with Crippen LogP contribution in [0.2, 0.25) is 0 Å². The molecule has 6 nitrogen and oxygen atoms in total. The fourth-order valence-electron chi connectivity index (χ4n) is 1.34. The zero-order chi connectivity index (χ0) is 13.9. The van der Waals surface area contributed by atoms with Crippen LogP contribution in [0.5, 0.6) is 0 Å². The molecule has 0 saturated heterocycles. The van der Waals surface area contributed by atoms with Gasteiger partial charge in [0.05, 0.1) is 6.42 Å². The van der Waals surface area contributed by atoms with Crippen molar-refractivity contribution in [1.82, 2.24) is 4.90 Å². The standard InChI is InChI=1S/C10H19NO5S/c1-10(2,3)11(6-5-9(13)14)8(12)7-17(4,15)16/h5-7H2,1-4H3,(H,13,14). The van der Waals surface area contributed by atoms with E-state index in [1.807, 2.05) is 0 Å². The molecule has 0 aliphatic rings. The van der Waals surface area contributed by atoms with Crippen molar-refractivity contribution in [3.63, 3.8) is 0 Å². The van der Waals surface area contributed by atoms with Crippen molar-refractivity contribution in [3.8, 4) is 0 Å². The number of aliphatic carboxylic acids is 1. The van der Waals surface area contributed by atoms with E-state index < -0.39 is 33.0 Å². The monoisotopic (exact) mass is 265 g/mol. The van der Waals surface area contributed by atoms with E-state index in [0.29, 0.717) is 0 Å². The molecular formula is C10H19NO5S. The summed E-state index contributed by atoms with van der Waals surface area (Å²) in [7, 11) is -3.41. The molecule has 0 bridgehead atoms. The summed E-state index contributed by atoms with van der Waals surface area (Å²) < 4.78 is 22.1. The van der Waals surface area contributed by atoms with Crippen LogP contribution >= 0.6 is 0 Å². The first-order valence-corrected chi connectivity index (χ1v) is 7.19. The van der Waals surface area contributed by atoms with Crippen LogP contribution in [0.15, 0.2) is 0 Å². The minimum absolute atomic E-state index is 0.00713. The van der Waals surface area contributed by atoms with Crippen LogP contribution in [-0.4, -0.2) is 54.4 Å². The number of rotatable bonds is 5. The minimum atomic E-state index is -3.41. The lowest BCUT2D eigenvalue weighted by molar-refractivity contribution is -0.139. The average Bonchev–Trinajstić information content (AvgIpc) is 1.96. The van der Waals surface area contributed by atoms with Gasteiger partial charge in [-0.2, -0.15) is 0 Å². The van der Waals surface area contributed by atoms with Crippen molar-refractivity contribution in [2.45, 2.75) is 32.7 Å². The molecule has 0 aromatic carbocycles. The van der Waals surface area contributed by atoms with Gasteiger partial charge in [0.2, 0.25) is 5.91 Å². The third kappa shape index (κ3) is 6.93. The van der Waals surface area contributed by atoms with Gasteiger partial charge in [0.25, 0.3) is 0 Å². The number of nitrogens with zero attached hydrogens (tertiary/aromatic N) is 1. The Morgan fingerprint density at radius 2 is 1.71 bits per heavy atom. The Labute approximate surface area is 102 Å². The molecule has 100 valence electrons. The largest absolute Gasteiger partial charge is 0.481 e. The molecule has 0 atom stereocenters. The number of hydrogen-bond acceptors (Lipinski definition) is 4. The second-order valence-corrected chi connectivity index (χ2v) is 7.07. The molecule has 17 heavy (non-hydrogen) atoms. The molecule has 0 aliphatic carbocycles. The van der Waals surface area contributed by atoms with Gasteiger partial charge in [-0.15, -0.1) is 0 Å². The van der Waals surface area contributed by atoms with E-state index in [1.54, 1.807) is 20.8 Å². The summed E-state index contributed by atoms with van der Waals surface area (Å²) in [5.41, 5.74) is -0.600. The van der Waals surface area contributed by atoms with Crippen molar-refractivity contribution in [2.75, 3.05) is 18.6 Å². The number of hydrogen-bond donors (Lipinski definition) is 1. The van der Waals surface area contributed by atoms with Gasteiger partial charge in [0, 0.05) is 18.3 Å². The first-order chi connectivity index (χ1) is 7.43. The van der Waals surface area contributed by atoms with Gasteiger partial charge in [-0.25, -0.2) is 8.42 Å². The number of carboxylic acid groups (broad SMARTS) is 1. The van der Waals surface area contributed by atoms with Gasteiger partial charge in [-0.1, -0.05) is 0 Å². The predicted octanol–water partition coefficient (Wildman–Crippen LogP) is 0.133. The van der Waals surface area contributed by atoms with E-state index in [0.717, 1.165) is 6.26 Å². The third-order valence-corrected chi connectivity index (χ3v) is 2.82. The maximum Gasteiger partial charge on any atom is 0.305 e. The van der Waals surface area contributed by atoms with Crippen molar-refractivity contribution < 1.29 is 23.1 Å². The molecule has 1 N–H and O–H groups in total. The SMILES string of the molecule is CC(C)(C)N(CCC(=O)O)C(=O)CS(C)(=O)=O. The maximum absolute atomic E-state index is 11.8. The maximum atomic E-state index is 11.8. The summed E-state index contributed by atoms with van der Waals surface area (Å²) in [5.74, 6) is -2.18. The van der Waals surface area contributed by atoms with Crippen LogP contribution in [0.1, 0.15) is 27.2 Å². The number of carbonyl (C=O) groups is 2. The predicted molar refractivity (Wildman–Crippen MR) is 63.4 cm³/mol. The Morgan fingerprint density at radius 1 is 1.24 bits per heavy atom. The lowest BCUT2D eigenvalue weighted by Gasteiger charge is -2.35. The third-order valence-electron chi connectivity index (χ3n) is 2.05. The summed E-state index contributed by atoms with van der Waals surface area (Å²) in [5, 5.41) is 8.59. The smallest absolute Gasteiger partial charge is 0.305 e. The molecule has 0 saturated carbocycles. The highest BCUT2D eigenvalue weighted by Gasteiger charge is 2.28. The fraction of sp³-hybridized carbons (Fsp3) is 0.800. The van der Waals surface area contributed by atoms with Crippen LogP contribution in [0.3, 0.4) is 0 Å². The average molecular weight is 265 g/mol. The molecule has 0 rings (SSSR count). The van der Waals surface area contributed by atoms with E-state index in [9.17, 15) is 18.0 Å². The van der Waals surface area contributed by atoms with Gasteiger partial charge in [0.15, 0.2) is 9.84 Å². The Morgan fingerprint density at radius 3 is 2.00 bits per heavy atom. The summed E-state index contributed by atoms with van der Waals surface area (Å²) in [6, 6.07) is 0. The van der Waals surface area contributed by atoms with Gasteiger partial charge >= 0.3 is 5.97 Å². The molecule has 0 aromatic rings. The summed E-state index contributed by atoms with van der Waals surface area (Å²) >= 11 is 0. The highest BCUT2D eigenvalue weighted by Crippen LogP contribution is 2.14. The summed E-state index contributed by atoms with van der Waals surface area (Å²) in [6.45, 7) is 5.20. The van der Waals surface area contributed by atoms with Crippen LogP contribution in [0.25, 0.3) is 0 Å². The number of carboxylic acids is 1. The Bertz CT molecular complexity index is 393. The van der Waals surface area contributed by atoms with Crippen LogP contribution in [0.4, 0.5) is 0 Å². The van der Waals surface area contributed by atoms with Gasteiger partial charge in [0.1, 0.15) is 5.75 Å². The minimum Gasteiger partial charge on any atom is -0.481 e. The van der Waals surface area contributed by atoms with Crippen molar-refractivity contribution in [2.24, 2.45) is 0 Å². The Kier molecular flexibility index (Phi) is 5.12. The van der Waals surface area contributed by atoms with Gasteiger partial charge in [-0.05, 0) is 20.8 Å². The zero-order valence-electron chi connectivity index (χ0n) is 10.6. The highest BCUT2D eigenvalue weighted by molar-refractivity contribution is 7.91. The van der Waals surface area contributed by atoms with E-state index >= 15 is 0 Å².